The fourth-order valence-electron chi connectivity index (χ4n) is 2.14. The van der Waals surface area contributed by atoms with Crippen LogP contribution in [-0.2, 0) is 20.0 Å². The van der Waals surface area contributed by atoms with Gasteiger partial charge in [-0.05, 0) is 28.8 Å². The molecule has 0 amide bonds. The lowest BCUT2D eigenvalue weighted by Gasteiger charge is -2.17. The highest BCUT2D eigenvalue weighted by Gasteiger charge is 2.28. The van der Waals surface area contributed by atoms with Gasteiger partial charge >= 0.3 is 5.69 Å². The second-order valence-electron chi connectivity index (χ2n) is 4.34. The van der Waals surface area contributed by atoms with Gasteiger partial charge in [0.1, 0.15) is 5.69 Å². The number of hydrogen-bond donors (Lipinski definition) is 0. The van der Waals surface area contributed by atoms with Crippen molar-refractivity contribution in [3.63, 3.8) is 0 Å². The van der Waals surface area contributed by atoms with E-state index in [0.717, 1.165) is 5.56 Å². The number of rotatable bonds is 5. The van der Waals surface area contributed by atoms with Crippen LogP contribution in [0.25, 0.3) is 0 Å². The summed E-state index contributed by atoms with van der Waals surface area (Å²) in [5.74, 6) is 0.549. The molecule has 0 fully saturated rings. The molecule has 0 radical (unpaired) electrons. The van der Waals surface area contributed by atoms with Crippen molar-refractivity contribution in [1.29, 1.82) is 0 Å². The molecule has 0 aliphatic heterocycles. The molecule has 19 heavy (non-hydrogen) atoms. The second kappa shape index (κ2) is 5.40. The minimum absolute atomic E-state index is 0.114. The maximum Gasteiger partial charge on any atom is 0.334 e. The number of nitrogens with zero attached hydrogens (tertiary/aromatic N) is 4. The molecule has 2 aromatic rings. The highest BCUT2D eigenvalue weighted by atomic mass is 32.1. The van der Waals surface area contributed by atoms with E-state index in [0.29, 0.717) is 24.5 Å². The molecule has 0 saturated heterocycles. The predicted molar refractivity (Wildman–Crippen MR) is 75.7 cm³/mol. The minimum Gasteiger partial charge on any atom is -0.350 e. The quantitative estimate of drug-likeness (QED) is 0.623. The van der Waals surface area contributed by atoms with Gasteiger partial charge in [0.25, 0.3) is 0 Å². The zero-order valence-corrected chi connectivity index (χ0v) is 12.0. The fraction of sp³-hybridized carbons (Fsp3) is 0.417. The normalized spacial score (nSPS) is 10.7. The van der Waals surface area contributed by atoms with Gasteiger partial charge in [-0.2, -0.15) is 16.4 Å². The monoisotopic (exact) mass is 280 g/mol. The van der Waals surface area contributed by atoms with Crippen LogP contribution < -0.4 is 4.90 Å². The van der Waals surface area contributed by atoms with Crippen molar-refractivity contribution in [1.82, 2.24) is 9.78 Å². The van der Waals surface area contributed by atoms with Gasteiger partial charge in [0.05, 0.1) is 4.92 Å². The summed E-state index contributed by atoms with van der Waals surface area (Å²) in [5, 5.41) is 19.5. The lowest BCUT2D eigenvalue weighted by atomic mass is 10.2. The van der Waals surface area contributed by atoms with Crippen LogP contribution in [0.4, 0.5) is 11.5 Å². The molecule has 0 unspecified atom stereocenters. The molecule has 2 aromatic heterocycles. The first-order chi connectivity index (χ1) is 9.04. The highest BCUT2D eigenvalue weighted by molar-refractivity contribution is 7.07. The van der Waals surface area contributed by atoms with E-state index >= 15 is 0 Å². The van der Waals surface area contributed by atoms with Crippen LogP contribution in [0, 0.1) is 10.1 Å². The average molecular weight is 280 g/mol. The fourth-order valence-corrected chi connectivity index (χ4v) is 2.80. The summed E-state index contributed by atoms with van der Waals surface area (Å²) in [6.45, 7) is 2.50. The molecule has 0 N–H and O–H groups in total. The topological polar surface area (TPSA) is 64.2 Å². The molecule has 0 aliphatic carbocycles. The Morgan fingerprint density at radius 1 is 1.58 bits per heavy atom. The summed E-state index contributed by atoms with van der Waals surface area (Å²) in [6.07, 6.45) is 0.552. The van der Waals surface area contributed by atoms with Gasteiger partial charge in [0.15, 0.2) is 0 Å². The van der Waals surface area contributed by atoms with Gasteiger partial charge in [0, 0.05) is 20.6 Å². The van der Waals surface area contributed by atoms with Crippen molar-refractivity contribution in [2.75, 3.05) is 11.9 Å². The number of aromatic nitrogens is 2. The Bertz CT molecular complexity index is 577. The second-order valence-corrected chi connectivity index (χ2v) is 5.12. The summed E-state index contributed by atoms with van der Waals surface area (Å²) in [4.78, 5) is 12.8. The van der Waals surface area contributed by atoms with Crippen molar-refractivity contribution in [2.45, 2.75) is 19.9 Å². The van der Waals surface area contributed by atoms with Crippen molar-refractivity contribution < 1.29 is 4.92 Å². The van der Waals surface area contributed by atoms with Gasteiger partial charge in [-0.3, -0.25) is 10.1 Å². The third kappa shape index (κ3) is 2.60. The minimum atomic E-state index is -0.342. The summed E-state index contributed by atoms with van der Waals surface area (Å²) in [7, 11) is 3.59. The van der Waals surface area contributed by atoms with Crippen LogP contribution in [0.15, 0.2) is 16.8 Å². The average Bonchev–Trinajstić information content (AvgIpc) is 2.95. The predicted octanol–water partition coefficient (Wildman–Crippen LogP) is 2.59. The van der Waals surface area contributed by atoms with Crippen molar-refractivity contribution in [3.8, 4) is 0 Å². The van der Waals surface area contributed by atoms with E-state index in [9.17, 15) is 10.1 Å². The molecule has 0 spiro atoms. The Hall–Kier alpha value is -1.89. The van der Waals surface area contributed by atoms with Gasteiger partial charge in [-0.1, -0.05) is 6.92 Å². The number of nitro groups is 1. The van der Waals surface area contributed by atoms with Crippen molar-refractivity contribution >= 4 is 22.8 Å². The van der Waals surface area contributed by atoms with Crippen LogP contribution in [0.3, 0.4) is 0 Å². The zero-order chi connectivity index (χ0) is 14.0. The van der Waals surface area contributed by atoms with Crippen LogP contribution >= 0.6 is 11.3 Å². The smallest absolute Gasteiger partial charge is 0.334 e. The van der Waals surface area contributed by atoms with Gasteiger partial charge in [-0.25, -0.2) is 4.68 Å². The molecule has 0 saturated carbocycles. The van der Waals surface area contributed by atoms with E-state index in [1.807, 2.05) is 35.7 Å². The Kier molecular flexibility index (Phi) is 3.84. The number of thiophene rings is 1. The van der Waals surface area contributed by atoms with E-state index in [1.54, 1.807) is 23.1 Å². The lowest BCUT2D eigenvalue weighted by Crippen LogP contribution is -2.20. The van der Waals surface area contributed by atoms with Crippen LogP contribution in [-0.4, -0.2) is 21.8 Å². The Labute approximate surface area is 115 Å². The van der Waals surface area contributed by atoms with Gasteiger partial charge in [0.2, 0.25) is 5.82 Å². The molecule has 0 aliphatic rings. The zero-order valence-electron chi connectivity index (χ0n) is 11.2. The van der Waals surface area contributed by atoms with Crippen LogP contribution in [0.5, 0.6) is 0 Å². The largest absolute Gasteiger partial charge is 0.350 e. The first kappa shape index (κ1) is 13.5. The van der Waals surface area contributed by atoms with Crippen LogP contribution in [0.1, 0.15) is 18.2 Å². The van der Waals surface area contributed by atoms with Crippen molar-refractivity contribution in [3.05, 3.63) is 38.2 Å². The van der Waals surface area contributed by atoms with Gasteiger partial charge in [-0.15, -0.1) is 0 Å². The summed E-state index contributed by atoms with van der Waals surface area (Å²) in [5.41, 5.74) is 1.78. The SMILES string of the molecule is CCc1nn(C)c(N(C)Cc2ccsc2)c1[N+](=O)[O-]. The van der Waals surface area contributed by atoms with E-state index in [1.165, 1.54) is 0 Å². The highest BCUT2D eigenvalue weighted by Crippen LogP contribution is 2.31. The Balaban J connectivity index is 2.37. The molecule has 7 heteroatoms. The van der Waals surface area contributed by atoms with Crippen molar-refractivity contribution in [2.24, 2.45) is 7.05 Å². The summed E-state index contributed by atoms with van der Waals surface area (Å²) in [6, 6.07) is 2.02. The lowest BCUT2D eigenvalue weighted by molar-refractivity contribution is -0.384. The van der Waals surface area contributed by atoms with E-state index < -0.39 is 0 Å². The molecule has 102 valence electrons. The summed E-state index contributed by atoms with van der Waals surface area (Å²) < 4.78 is 1.59. The van der Waals surface area contributed by atoms with Crippen LogP contribution in [0.2, 0.25) is 0 Å². The Morgan fingerprint density at radius 3 is 2.84 bits per heavy atom. The molecule has 2 rings (SSSR count). The first-order valence-electron chi connectivity index (χ1n) is 5.97. The molecular formula is C12H16N4O2S. The summed E-state index contributed by atoms with van der Waals surface area (Å²) >= 11 is 1.62. The molecule has 0 aromatic carbocycles. The Morgan fingerprint density at radius 2 is 2.32 bits per heavy atom. The third-order valence-corrected chi connectivity index (χ3v) is 3.67. The third-order valence-electron chi connectivity index (χ3n) is 2.94. The molecule has 6 nitrogen and oxygen atoms in total. The maximum atomic E-state index is 11.2. The molecule has 2 heterocycles. The molecule has 0 atom stereocenters. The van der Waals surface area contributed by atoms with Gasteiger partial charge < -0.3 is 4.90 Å². The van der Waals surface area contributed by atoms with E-state index in [4.69, 9.17) is 0 Å². The number of anilines is 1. The van der Waals surface area contributed by atoms with E-state index in [2.05, 4.69) is 5.10 Å². The number of aryl methyl sites for hydroxylation is 2. The molecule has 0 bridgehead atoms. The van der Waals surface area contributed by atoms with E-state index in [-0.39, 0.29) is 10.6 Å². The molecular weight excluding hydrogens is 264 g/mol. The number of hydrogen-bond acceptors (Lipinski definition) is 5. The first-order valence-corrected chi connectivity index (χ1v) is 6.91. The standard InChI is InChI=1S/C12H16N4O2S/c1-4-10-11(16(17)18)12(15(3)13-10)14(2)7-9-5-6-19-8-9/h5-6,8H,4,7H2,1-3H3. The maximum absolute atomic E-state index is 11.2.